The van der Waals surface area contributed by atoms with E-state index in [0.29, 0.717) is 9.84 Å². The fraction of sp³-hybridized carbons (Fsp3) is 0.333. The van der Waals surface area contributed by atoms with E-state index in [-0.39, 0.29) is 0 Å². The number of hydrogen-bond donors (Lipinski definition) is 0. The highest BCUT2D eigenvalue weighted by Crippen LogP contribution is 2.33. The van der Waals surface area contributed by atoms with Gasteiger partial charge in [-0.15, -0.1) is 0 Å². The minimum Gasteiger partial charge on any atom is -0.0777 e. The summed E-state index contributed by atoms with van der Waals surface area (Å²) in [5.41, 5.74) is 2.97. The second-order valence-electron chi connectivity index (χ2n) is 4.60. The Labute approximate surface area is 111 Å². The molecule has 0 nitrogen and oxygen atoms in total. The minimum atomic E-state index is 0.569. The van der Waals surface area contributed by atoms with Crippen LogP contribution in [0.2, 0.25) is 0 Å². The Kier molecular flexibility index (Phi) is 3.53. The first kappa shape index (κ1) is 11.9. The van der Waals surface area contributed by atoms with Crippen molar-refractivity contribution in [1.29, 1.82) is 0 Å². The Balaban J connectivity index is 2.71. The molecule has 0 radical (unpaired) electrons. The van der Waals surface area contributed by atoms with Gasteiger partial charge in [-0.25, -0.2) is 0 Å². The van der Waals surface area contributed by atoms with Crippen molar-refractivity contribution in [3.05, 3.63) is 47.5 Å². The average molecular weight is 324 g/mol. The molecular weight excluding hydrogens is 307 g/mol. The lowest BCUT2D eigenvalue weighted by atomic mass is 9.92. The van der Waals surface area contributed by atoms with Crippen molar-refractivity contribution in [2.45, 2.75) is 30.6 Å². The maximum atomic E-state index is 2.50. The van der Waals surface area contributed by atoms with Gasteiger partial charge in [0.2, 0.25) is 0 Å². The summed E-state index contributed by atoms with van der Waals surface area (Å²) < 4.78 is 0.569. The highest BCUT2D eigenvalue weighted by atomic mass is 127. The van der Waals surface area contributed by atoms with Crippen LogP contribution in [0.15, 0.2) is 36.4 Å². The van der Waals surface area contributed by atoms with Gasteiger partial charge in [0.25, 0.3) is 0 Å². The topological polar surface area (TPSA) is 0 Å². The summed E-state index contributed by atoms with van der Waals surface area (Å²) in [5, 5.41) is 2.71. The second-order valence-corrected chi connectivity index (χ2v) is 6.47. The van der Waals surface area contributed by atoms with Gasteiger partial charge in [0, 0.05) is 3.92 Å². The van der Waals surface area contributed by atoms with E-state index in [4.69, 9.17) is 0 Å². The average Bonchev–Trinajstić information content (AvgIpc) is 2.27. The maximum Gasteiger partial charge on any atom is 0.0334 e. The molecule has 0 aliphatic rings. The van der Waals surface area contributed by atoms with Crippen LogP contribution in [0.1, 0.15) is 41.7 Å². The minimum absolute atomic E-state index is 0.569. The van der Waals surface area contributed by atoms with Crippen molar-refractivity contribution in [2.75, 3.05) is 0 Å². The monoisotopic (exact) mass is 324 g/mol. The number of fused-ring (bicyclic) bond motifs is 1. The number of halogens is 1. The van der Waals surface area contributed by atoms with Crippen LogP contribution in [0.25, 0.3) is 10.8 Å². The molecule has 1 atom stereocenters. The van der Waals surface area contributed by atoms with E-state index < -0.39 is 0 Å². The molecule has 84 valence electrons. The third kappa shape index (κ3) is 2.24. The molecule has 2 aromatic rings. The van der Waals surface area contributed by atoms with Crippen LogP contribution >= 0.6 is 22.6 Å². The van der Waals surface area contributed by atoms with Gasteiger partial charge >= 0.3 is 0 Å². The van der Waals surface area contributed by atoms with Crippen LogP contribution in [0, 0.1) is 0 Å². The van der Waals surface area contributed by atoms with E-state index >= 15 is 0 Å². The van der Waals surface area contributed by atoms with E-state index in [0.717, 1.165) is 0 Å². The van der Waals surface area contributed by atoms with Crippen LogP contribution in [-0.4, -0.2) is 0 Å². The molecule has 1 unspecified atom stereocenters. The van der Waals surface area contributed by atoms with Crippen molar-refractivity contribution < 1.29 is 0 Å². The summed E-state index contributed by atoms with van der Waals surface area (Å²) in [6.07, 6.45) is 0. The van der Waals surface area contributed by atoms with E-state index in [2.05, 4.69) is 79.8 Å². The molecule has 0 amide bonds. The Morgan fingerprint density at radius 1 is 0.875 bits per heavy atom. The lowest BCUT2D eigenvalue weighted by Gasteiger charge is -2.16. The molecular formula is C15H17I. The van der Waals surface area contributed by atoms with Crippen LogP contribution in [0.5, 0.6) is 0 Å². The van der Waals surface area contributed by atoms with Gasteiger partial charge in [0.15, 0.2) is 0 Å². The van der Waals surface area contributed by atoms with Crippen LogP contribution in [-0.2, 0) is 0 Å². The SMILES string of the molecule is CC(C)c1cc2ccccc2cc1C(C)I. The predicted molar refractivity (Wildman–Crippen MR) is 80.5 cm³/mol. The first-order chi connectivity index (χ1) is 7.59. The van der Waals surface area contributed by atoms with Crippen LogP contribution < -0.4 is 0 Å². The summed E-state index contributed by atoms with van der Waals surface area (Å²) in [6, 6.07) is 13.3. The van der Waals surface area contributed by atoms with Crippen LogP contribution in [0.4, 0.5) is 0 Å². The lowest BCUT2D eigenvalue weighted by Crippen LogP contribution is -1.97. The molecule has 0 fully saturated rings. The summed E-state index contributed by atoms with van der Waals surface area (Å²) in [6.45, 7) is 6.80. The molecule has 0 aliphatic heterocycles. The van der Waals surface area contributed by atoms with Gasteiger partial charge in [-0.05, 0) is 40.8 Å². The van der Waals surface area contributed by atoms with Crippen LogP contribution in [0.3, 0.4) is 0 Å². The second kappa shape index (κ2) is 4.74. The normalized spacial score (nSPS) is 13.3. The lowest BCUT2D eigenvalue weighted by molar-refractivity contribution is 0.847. The molecule has 0 aliphatic carbocycles. The Hall–Kier alpha value is -0.570. The number of rotatable bonds is 2. The van der Waals surface area contributed by atoms with Crippen molar-refractivity contribution in [3.8, 4) is 0 Å². The van der Waals surface area contributed by atoms with Crippen molar-refractivity contribution >= 4 is 33.4 Å². The van der Waals surface area contributed by atoms with E-state index in [9.17, 15) is 0 Å². The third-order valence-electron chi connectivity index (χ3n) is 3.00. The van der Waals surface area contributed by atoms with Gasteiger partial charge in [-0.3, -0.25) is 0 Å². The van der Waals surface area contributed by atoms with Crippen molar-refractivity contribution in [2.24, 2.45) is 0 Å². The molecule has 2 rings (SSSR count). The van der Waals surface area contributed by atoms with Gasteiger partial charge in [0.05, 0.1) is 0 Å². The molecule has 0 spiro atoms. The van der Waals surface area contributed by atoms with E-state index in [1.165, 1.54) is 21.9 Å². The number of alkyl halides is 1. The van der Waals surface area contributed by atoms with E-state index in [1.54, 1.807) is 0 Å². The molecule has 0 N–H and O–H groups in total. The summed E-state index contributed by atoms with van der Waals surface area (Å²) in [5.74, 6) is 0.594. The zero-order valence-corrected chi connectivity index (χ0v) is 12.2. The molecule has 2 aromatic carbocycles. The quantitative estimate of drug-likeness (QED) is 0.508. The molecule has 0 saturated carbocycles. The molecule has 0 aromatic heterocycles. The van der Waals surface area contributed by atoms with Crippen molar-refractivity contribution in [1.82, 2.24) is 0 Å². The largest absolute Gasteiger partial charge is 0.0777 e. The highest BCUT2D eigenvalue weighted by Gasteiger charge is 2.11. The zero-order valence-electron chi connectivity index (χ0n) is 10.00. The molecule has 0 saturated heterocycles. The summed E-state index contributed by atoms with van der Waals surface area (Å²) >= 11 is 2.50. The van der Waals surface area contributed by atoms with E-state index in [1.807, 2.05) is 0 Å². The van der Waals surface area contributed by atoms with Gasteiger partial charge in [-0.1, -0.05) is 66.8 Å². The highest BCUT2D eigenvalue weighted by molar-refractivity contribution is 14.1. The first-order valence-electron chi connectivity index (χ1n) is 5.76. The fourth-order valence-electron chi connectivity index (χ4n) is 2.12. The number of benzene rings is 2. The van der Waals surface area contributed by atoms with Gasteiger partial charge in [0.1, 0.15) is 0 Å². The van der Waals surface area contributed by atoms with Gasteiger partial charge in [-0.2, -0.15) is 0 Å². The fourth-order valence-corrected chi connectivity index (χ4v) is 2.66. The first-order valence-corrected chi connectivity index (χ1v) is 7.01. The van der Waals surface area contributed by atoms with Crippen molar-refractivity contribution in [3.63, 3.8) is 0 Å². The Morgan fingerprint density at radius 3 is 1.81 bits per heavy atom. The predicted octanol–water partition coefficient (Wildman–Crippen LogP) is 5.46. The number of hydrogen-bond acceptors (Lipinski definition) is 0. The zero-order chi connectivity index (χ0) is 11.7. The Bertz CT molecular complexity index is 451. The summed E-state index contributed by atoms with van der Waals surface area (Å²) in [4.78, 5) is 0. The Morgan fingerprint density at radius 2 is 1.38 bits per heavy atom. The van der Waals surface area contributed by atoms with Gasteiger partial charge < -0.3 is 0 Å². The third-order valence-corrected chi connectivity index (χ3v) is 3.67. The molecule has 0 bridgehead atoms. The standard InChI is InChI=1S/C15H17I/c1-10(2)14-8-12-6-4-5-7-13(12)9-15(14)11(3)16/h4-11H,1-3H3. The maximum absolute atomic E-state index is 2.50. The molecule has 0 heterocycles. The molecule has 16 heavy (non-hydrogen) atoms. The summed E-state index contributed by atoms with van der Waals surface area (Å²) in [7, 11) is 0. The smallest absolute Gasteiger partial charge is 0.0334 e. The molecule has 1 heteroatoms.